The molecule has 1 aromatic heterocycles. The zero-order valence-electron chi connectivity index (χ0n) is 12.1. The minimum atomic E-state index is 0.398. The first-order valence-electron chi connectivity index (χ1n) is 7.30. The number of aromatic nitrogens is 4. The van der Waals surface area contributed by atoms with Crippen molar-refractivity contribution in [1.82, 2.24) is 20.2 Å². The van der Waals surface area contributed by atoms with Gasteiger partial charge < -0.3 is 5.73 Å². The zero-order chi connectivity index (χ0) is 14.1. The zero-order valence-corrected chi connectivity index (χ0v) is 12.1. The third kappa shape index (κ3) is 2.28. The summed E-state index contributed by atoms with van der Waals surface area (Å²) in [6.07, 6.45) is 4.77. The molecule has 1 fully saturated rings. The lowest BCUT2D eigenvalue weighted by Gasteiger charge is -2.26. The topological polar surface area (TPSA) is 69.6 Å². The maximum atomic E-state index is 6.12. The van der Waals surface area contributed by atoms with E-state index in [2.05, 4.69) is 22.4 Å². The van der Waals surface area contributed by atoms with Crippen LogP contribution in [0.15, 0.2) is 18.2 Å². The largest absolute Gasteiger partial charge is 0.398 e. The lowest BCUT2D eigenvalue weighted by molar-refractivity contribution is 0.272. The number of nitrogens with zero attached hydrogens (tertiary/aromatic N) is 4. The minimum absolute atomic E-state index is 0.398. The van der Waals surface area contributed by atoms with E-state index in [0.29, 0.717) is 6.04 Å². The molecule has 1 aliphatic rings. The molecule has 0 radical (unpaired) electrons. The Bertz CT molecular complexity index is 576. The monoisotopic (exact) mass is 271 g/mol. The standard InChI is InChI=1S/C15H21N5/c1-10-6-8-12(9-7-10)20-15(17-18-19-20)14-11(2)4-3-5-13(14)16/h3-5,10,12H,6-9,16H2,1-2H3. The second-order valence-corrected chi connectivity index (χ2v) is 5.90. The minimum Gasteiger partial charge on any atom is -0.398 e. The summed E-state index contributed by atoms with van der Waals surface area (Å²) in [6, 6.07) is 6.32. The predicted molar refractivity (Wildman–Crippen MR) is 79.1 cm³/mol. The van der Waals surface area contributed by atoms with E-state index >= 15 is 0 Å². The van der Waals surface area contributed by atoms with Crippen molar-refractivity contribution in [2.24, 2.45) is 5.92 Å². The van der Waals surface area contributed by atoms with Gasteiger partial charge in [-0.05, 0) is 60.6 Å². The molecule has 0 saturated heterocycles. The molecule has 1 saturated carbocycles. The van der Waals surface area contributed by atoms with E-state index in [1.54, 1.807) is 0 Å². The number of anilines is 1. The van der Waals surface area contributed by atoms with Crippen molar-refractivity contribution in [3.05, 3.63) is 23.8 Å². The molecule has 2 aromatic rings. The average Bonchev–Trinajstić information content (AvgIpc) is 2.88. The maximum Gasteiger partial charge on any atom is 0.184 e. The number of nitrogens with two attached hydrogens (primary N) is 1. The van der Waals surface area contributed by atoms with Crippen molar-refractivity contribution in [3.8, 4) is 11.4 Å². The van der Waals surface area contributed by atoms with E-state index in [1.165, 1.54) is 12.8 Å². The molecule has 1 aromatic carbocycles. The van der Waals surface area contributed by atoms with E-state index in [1.807, 2.05) is 29.8 Å². The van der Waals surface area contributed by atoms with Crippen molar-refractivity contribution in [1.29, 1.82) is 0 Å². The van der Waals surface area contributed by atoms with Gasteiger partial charge in [-0.1, -0.05) is 19.1 Å². The summed E-state index contributed by atoms with van der Waals surface area (Å²) in [4.78, 5) is 0. The normalized spacial score (nSPS) is 22.9. The van der Waals surface area contributed by atoms with Gasteiger partial charge in [0.1, 0.15) is 0 Å². The maximum absolute atomic E-state index is 6.12. The fraction of sp³-hybridized carbons (Fsp3) is 0.533. The second-order valence-electron chi connectivity index (χ2n) is 5.90. The predicted octanol–water partition coefficient (Wildman–Crippen LogP) is 2.98. The van der Waals surface area contributed by atoms with Gasteiger partial charge in [0, 0.05) is 11.3 Å². The van der Waals surface area contributed by atoms with Crippen molar-refractivity contribution < 1.29 is 0 Å². The van der Waals surface area contributed by atoms with Gasteiger partial charge in [-0.25, -0.2) is 4.68 Å². The van der Waals surface area contributed by atoms with Crippen LogP contribution in [0.2, 0.25) is 0 Å². The molecule has 3 rings (SSSR count). The van der Waals surface area contributed by atoms with Gasteiger partial charge in [0.25, 0.3) is 0 Å². The van der Waals surface area contributed by atoms with Crippen LogP contribution < -0.4 is 5.73 Å². The lowest BCUT2D eigenvalue weighted by Crippen LogP contribution is -2.19. The van der Waals surface area contributed by atoms with Crippen LogP contribution in [0.5, 0.6) is 0 Å². The van der Waals surface area contributed by atoms with Gasteiger partial charge in [0.2, 0.25) is 0 Å². The fourth-order valence-electron chi connectivity index (χ4n) is 3.09. The molecular formula is C15H21N5. The van der Waals surface area contributed by atoms with Crippen LogP contribution in [0.3, 0.4) is 0 Å². The van der Waals surface area contributed by atoms with Gasteiger partial charge in [-0.15, -0.1) is 5.10 Å². The van der Waals surface area contributed by atoms with Crippen LogP contribution >= 0.6 is 0 Å². The molecule has 2 N–H and O–H groups in total. The van der Waals surface area contributed by atoms with Crippen LogP contribution in [0, 0.1) is 12.8 Å². The summed E-state index contributed by atoms with van der Waals surface area (Å²) in [5.74, 6) is 1.62. The highest BCUT2D eigenvalue weighted by Crippen LogP contribution is 2.35. The van der Waals surface area contributed by atoms with Crippen LogP contribution in [-0.4, -0.2) is 20.2 Å². The Morgan fingerprint density at radius 2 is 1.95 bits per heavy atom. The van der Waals surface area contributed by atoms with Gasteiger partial charge in [-0.3, -0.25) is 0 Å². The van der Waals surface area contributed by atoms with Gasteiger partial charge in [-0.2, -0.15) is 0 Å². The van der Waals surface area contributed by atoms with E-state index in [4.69, 9.17) is 5.73 Å². The first-order valence-corrected chi connectivity index (χ1v) is 7.30. The Morgan fingerprint density at radius 3 is 2.65 bits per heavy atom. The summed E-state index contributed by atoms with van der Waals surface area (Å²) in [5.41, 5.74) is 8.95. The third-order valence-electron chi connectivity index (χ3n) is 4.35. The van der Waals surface area contributed by atoms with Gasteiger partial charge >= 0.3 is 0 Å². The highest BCUT2D eigenvalue weighted by Gasteiger charge is 2.24. The number of benzene rings is 1. The Morgan fingerprint density at radius 1 is 1.20 bits per heavy atom. The fourth-order valence-corrected chi connectivity index (χ4v) is 3.09. The summed E-state index contributed by atoms with van der Waals surface area (Å²) in [6.45, 7) is 4.36. The quantitative estimate of drug-likeness (QED) is 0.852. The SMILES string of the molecule is Cc1cccc(N)c1-c1nnnn1C1CCC(C)CC1. The number of rotatable bonds is 2. The van der Waals surface area contributed by atoms with Gasteiger partial charge in [0.05, 0.1) is 6.04 Å². The summed E-state index contributed by atoms with van der Waals surface area (Å²) >= 11 is 0. The van der Waals surface area contributed by atoms with E-state index in [-0.39, 0.29) is 0 Å². The molecule has 0 unspecified atom stereocenters. The highest BCUT2D eigenvalue weighted by molar-refractivity contribution is 5.74. The molecular weight excluding hydrogens is 250 g/mol. The molecule has 5 heteroatoms. The van der Waals surface area contributed by atoms with Crippen LogP contribution in [0.4, 0.5) is 5.69 Å². The van der Waals surface area contributed by atoms with E-state index < -0.39 is 0 Å². The molecule has 0 amide bonds. The molecule has 20 heavy (non-hydrogen) atoms. The van der Waals surface area contributed by atoms with Gasteiger partial charge in [0.15, 0.2) is 5.82 Å². The Balaban J connectivity index is 1.98. The lowest BCUT2D eigenvalue weighted by atomic mass is 9.87. The summed E-state index contributed by atoms with van der Waals surface area (Å²) in [7, 11) is 0. The molecule has 0 bridgehead atoms. The van der Waals surface area contributed by atoms with Crippen molar-refractivity contribution in [2.75, 3.05) is 5.73 Å². The second kappa shape index (κ2) is 5.23. The summed E-state index contributed by atoms with van der Waals surface area (Å²) < 4.78 is 1.98. The highest BCUT2D eigenvalue weighted by atomic mass is 15.5. The number of nitrogen functional groups attached to an aromatic ring is 1. The molecule has 1 heterocycles. The molecule has 0 aliphatic heterocycles. The molecule has 0 spiro atoms. The molecule has 1 aliphatic carbocycles. The first-order chi connectivity index (χ1) is 9.66. The number of tetrazole rings is 1. The Hall–Kier alpha value is -1.91. The van der Waals surface area contributed by atoms with Crippen LogP contribution in [0.25, 0.3) is 11.4 Å². The average molecular weight is 271 g/mol. The number of hydrogen-bond acceptors (Lipinski definition) is 4. The van der Waals surface area contributed by atoms with Crippen LogP contribution in [0.1, 0.15) is 44.2 Å². The first kappa shape index (κ1) is 13.1. The number of aryl methyl sites for hydroxylation is 1. The molecule has 5 nitrogen and oxygen atoms in total. The molecule has 0 atom stereocenters. The summed E-state index contributed by atoms with van der Waals surface area (Å²) in [5, 5.41) is 12.3. The van der Waals surface area contributed by atoms with E-state index in [0.717, 1.165) is 41.4 Å². The Labute approximate surface area is 119 Å². The van der Waals surface area contributed by atoms with E-state index in [9.17, 15) is 0 Å². The van der Waals surface area contributed by atoms with Crippen LogP contribution in [-0.2, 0) is 0 Å². The Kier molecular flexibility index (Phi) is 3.42. The smallest absolute Gasteiger partial charge is 0.184 e. The van der Waals surface area contributed by atoms with Crippen molar-refractivity contribution in [2.45, 2.75) is 45.6 Å². The third-order valence-corrected chi connectivity index (χ3v) is 4.35. The van der Waals surface area contributed by atoms with Crippen molar-refractivity contribution in [3.63, 3.8) is 0 Å². The molecule has 106 valence electrons. The number of hydrogen-bond donors (Lipinski definition) is 1. The van der Waals surface area contributed by atoms with Crippen molar-refractivity contribution >= 4 is 5.69 Å².